The summed E-state index contributed by atoms with van der Waals surface area (Å²) in [7, 11) is 0. The van der Waals surface area contributed by atoms with Gasteiger partial charge in [-0.1, -0.05) is 42.5 Å². The van der Waals surface area contributed by atoms with Gasteiger partial charge in [0.1, 0.15) is 18.2 Å². The first-order valence-electron chi connectivity index (χ1n) is 11.5. The number of para-hydroxylation sites is 3. The molecule has 0 spiro atoms. The van der Waals surface area contributed by atoms with E-state index in [-0.39, 0.29) is 11.8 Å². The van der Waals surface area contributed by atoms with Gasteiger partial charge in [0.2, 0.25) is 5.91 Å². The zero-order valence-electron chi connectivity index (χ0n) is 19.4. The molecule has 1 saturated heterocycles. The summed E-state index contributed by atoms with van der Waals surface area (Å²) in [6.07, 6.45) is 0.467. The predicted molar refractivity (Wildman–Crippen MR) is 132 cm³/mol. The number of carbonyl (C=O) groups excluding carboxylic acids is 1. The second-order valence-corrected chi connectivity index (χ2v) is 8.92. The molecule has 1 aliphatic heterocycles. The number of aromatic nitrogens is 2. The number of carbonyl (C=O) groups is 1. The van der Waals surface area contributed by atoms with Crippen LogP contribution in [0.4, 0.5) is 5.69 Å². The van der Waals surface area contributed by atoms with E-state index < -0.39 is 0 Å². The monoisotopic (exact) mass is 439 g/mol. The summed E-state index contributed by atoms with van der Waals surface area (Å²) in [6, 6.07) is 22.5. The Morgan fingerprint density at radius 1 is 0.970 bits per heavy atom. The minimum atomic E-state index is 0.0469. The lowest BCUT2D eigenvalue weighted by atomic mass is 10.1. The van der Waals surface area contributed by atoms with E-state index in [4.69, 9.17) is 9.72 Å². The Hall–Kier alpha value is -3.60. The van der Waals surface area contributed by atoms with Gasteiger partial charge >= 0.3 is 0 Å². The molecule has 0 saturated carbocycles. The van der Waals surface area contributed by atoms with E-state index in [1.165, 1.54) is 0 Å². The van der Waals surface area contributed by atoms with Crippen LogP contribution in [-0.4, -0.2) is 28.6 Å². The number of amides is 1. The summed E-state index contributed by atoms with van der Waals surface area (Å²) in [5.41, 5.74) is 6.44. The largest absolute Gasteiger partial charge is 0.491 e. The van der Waals surface area contributed by atoms with Gasteiger partial charge in [0.25, 0.3) is 0 Å². The van der Waals surface area contributed by atoms with Crippen molar-refractivity contribution in [3.8, 4) is 5.75 Å². The lowest BCUT2D eigenvalue weighted by Crippen LogP contribution is -2.24. The van der Waals surface area contributed by atoms with Gasteiger partial charge in [-0.25, -0.2) is 4.98 Å². The fourth-order valence-electron chi connectivity index (χ4n) is 4.83. The molecule has 0 unspecified atom stereocenters. The predicted octanol–water partition coefficient (Wildman–Crippen LogP) is 5.56. The molecule has 0 aliphatic carbocycles. The normalized spacial score (nSPS) is 16.0. The number of hydrogen-bond acceptors (Lipinski definition) is 3. The van der Waals surface area contributed by atoms with E-state index in [2.05, 4.69) is 61.7 Å². The van der Waals surface area contributed by atoms with Gasteiger partial charge in [-0.3, -0.25) is 4.79 Å². The molecule has 1 atom stereocenters. The van der Waals surface area contributed by atoms with Crippen LogP contribution >= 0.6 is 0 Å². The average molecular weight is 440 g/mol. The van der Waals surface area contributed by atoms with Crippen molar-refractivity contribution in [2.24, 2.45) is 0 Å². The molecule has 0 N–H and O–H groups in total. The molecule has 4 aromatic rings. The van der Waals surface area contributed by atoms with Crippen LogP contribution in [0.1, 0.15) is 34.9 Å². The molecule has 5 heteroatoms. The number of rotatable bonds is 6. The third-order valence-electron chi connectivity index (χ3n) is 6.46. The molecule has 168 valence electrons. The van der Waals surface area contributed by atoms with Crippen molar-refractivity contribution in [2.75, 3.05) is 18.1 Å². The first-order chi connectivity index (χ1) is 16.0. The lowest BCUT2D eigenvalue weighted by Gasteiger charge is -2.18. The average Bonchev–Trinajstić information content (AvgIpc) is 3.36. The highest BCUT2D eigenvalue weighted by atomic mass is 16.5. The second kappa shape index (κ2) is 8.74. The van der Waals surface area contributed by atoms with Crippen LogP contribution in [0.25, 0.3) is 11.0 Å². The third-order valence-corrected chi connectivity index (χ3v) is 6.46. The highest BCUT2D eigenvalue weighted by molar-refractivity contribution is 5.96. The topological polar surface area (TPSA) is 47.4 Å². The zero-order chi connectivity index (χ0) is 22.9. The molecule has 33 heavy (non-hydrogen) atoms. The zero-order valence-corrected chi connectivity index (χ0v) is 19.4. The Bertz CT molecular complexity index is 1300. The van der Waals surface area contributed by atoms with Gasteiger partial charge in [-0.15, -0.1) is 0 Å². The van der Waals surface area contributed by atoms with Crippen LogP contribution < -0.4 is 9.64 Å². The highest BCUT2D eigenvalue weighted by Crippen LogP contribution is 2.33. The summed E-state index contributed by atoms with van der Waals surface area (Å²) >= 11 is 0. The number of ether oxygens (including phenoxy) is 1. The maximum Gasteiger partial charge on any atom is 0.227 e. The number of benzene rings is 3. The Balaban J connectivity index is 1.42. The summed E-state index contributed by atoms with van der Waals surface area (Å²) in [5.74, 6) is 2.11. The molecule has 2 heterocycles. The first-order valence-corrected chi connectivity index (χ1v) is 11.5. The van der Waals surface area contributed by atoms with Crippen molar-refractivity contribution in [1.82, 2.24) is 9.55 Å². The molecule has 0 bridgehead atoms. The standard InChI is InChI=1S/C28H29N3O2/c1-19-8-6-11-23(16-19)31-18-22(17-26(31)32)28-29-24-12-4-5-13-25(24)30(28)14-15-33-27-20(2)9-7-10-21(27)3/h4-13,16,22H,14-15,17-18H2,1-3H3/t22-/m1/s1. The lowest BCUT2D eigenvalue weighted by molar-refractivity contribution is -0.117. The molecule has 1 fully saturated rings. The molecule has 5 rings (SSSR count). The van der Waals surface area contributed by atoms with Gasteiger partial charge < -0.3 is 14.2 Å². The maximum atomic E-state index is 12.9. The summed E-state index contributed by atoms with van der Waals surface area (Å²) in [5, 5.41) is 0. The SMILES string of the molecule is Cc1cccc(N2C[C@H](c3nc4ccccc4n3CCOc3c(C)cccc3C)CC2=O)c1. The fourth-order valence-corrected chi connectivity index (χ4v) is 4.83. The van der Waals surface area contributed by atoms with Crippen LogP contribution in [0.2, 0.25) is 0 Å². The van der Waals surface area contributed by atoms with Gasteiger partial charge in [0.15, 0.2) is 0 Å². The quantitative estimate of drug-likeness (QED) is 0.395. The van der Waals surface area contributed by atoms with E-state index in [1.807, 2.05) is 35.2 Å². The maximum absolute atomic E-state index is 12.9. The van der Waals surface area contributed by atoms with Crippen LogP contribution in [0.5, 0.6) is 5.75 Å². The van der Waals surface area contributed by atoms with Crippen molar-refractivity contribution in [2.45, 2.75) is 39.7 Å². The number of imidazole rings is 1. The van der Waals surface area contributed by atoms with Gasteiger partial charge in [-0.05, 0) is 61.7 Å². The fraction of sp³-hybridized carbons (Fsp3) is 0.286. The van der Waals surface area contributed by atoms with E-state index in [0.717, 1.165) is 45.0 Å². The molecular formula is C28H29N3O2. The second-order valence-electron chi connectivity index (χ2n) is 8.92. The van der Waals surface area contributed by atoms with Crippen molar-refractivity contribution < 1.29 is 9.53 Å². The molecule has 1 aromatic heterocycles. The number of nitrogens with zero attached hydrogens (tertiary/aromatic N) is 3. The number of fused-ring (bicyclic) bond motifs is 1. The molecule has 1 amide bonds. The van der Waals surface area contributed by atoms with Gasteiger partial charge in [-0.2, -0.15) is 0 Å². The summed E-state index contributed by atoms with van der Waals surface area (Å²) < 4.78 is 8.44. The molecule has 0 radical (unpaired) electrons. The Morgan fingerprint density at radius 2 is 1.73 bits per heavy atom. The molecule has 1 aliphatic rings. The van der Waals surface area contributed by atoms with E-state index >= 15 is 0 Å². The number of hydrogen-bond donors (Lipinski definition) is 0. The van der Waals surface area contributed by atoms with Crippen LogP contribution in [0.15, 0.2) is 66.7 Å². The van der Waals surface area contributed by atoms with Crippen molar-refractivity contribution in [1.29, 1.82) is 0 Å². The van der Waals surface area contributed by atoms with Gasteiger partial charge in [0, 0.05) is 24.6 Å². The molecule has 3 aromatic carbocycles. The van der Waals surface area contributed by atoms with E-state index in [9.17, 15) is 4.79 Å². The minimum Gasteiger partial charge on any atom is -0.491 e. The Labute approximate surface area is 194 Å². The minimum absolute atomic E-state index is 0.0469. The summed E-state index contributed by atoms with van der Waals surface area (Å²) in [6.45, 7) is 8.06. The first kappa shape index (κ1) is 21.3. The van der Waals surface area contributed by atoms with Crippen LogP contribution in [0.3, 0.4) is 0 Å². The smallest absolute Gasteiger partial charge is 0.227 e. The van der Waals surface area contributed by atoms with E-state index in [0.29, 0.717) is 26.1 Å². The van der Waals surface area contributed by atoms with Crippen LogP contribution in [-0.2, 0) is 11.3 Å². The number of aryl methyl sites for hydroxylation is 3. The van der Waals surface area contributed by atoms with Crippen molar-refractivity contribution in [3.05, 3.63) is 89.2 Å². The van der Waals surface area contributed by atoms with Gasteiger partial charge in [0.05, 0.1) is 17.6 Å². The molecular weight excluding hydrogens is 410 g/mol. The highest BCUT2D eigenvalue weighted by Gasteiger charge is 2.34. The summed E-state index contributed by atoms with van der Waals surface area (Å²) in [4.78, 5) is 19.8. The van der Waals surface area contributed by atoms with Crippen LogP contribution in [0, 0.1) is 20.8 Å². The Morgan fingerprint density at radius 3 is 2.52 bits per heavy atom. The third kappa shape index (κ3) is 4.11. The number of anilines is 1. The van der Waals surface area contributed by atoms with Crippen molar-refractivity contribution in [3.63, 3.8) is 0 Å². The van der Waals surface area contributed by atoms with E-state index in [1.54, 1.807) is 0 Å². The Kier molecular flexibility index (Phi) is 5.63. The van der Waals surface area contributed by atoms with Crippen molar-refractivity contribution >= 4 is 22.6 Å². The molecule has 5 nitrogen and oxygen atoms in total.